The number of methoxy groups -OCH3 is 7. The predicted octanol–water partition coefficient (Wildman–Crippen LogP) is 8.07. The Morgan fingerprint density at radius 3 is 1.92 bits per heavy atom. The molecule has 0 fully saturated rings. The summed E-state index contributed by atoms with van der Waals surface area (Å²) in [6, 6.07) is 0. The zero-order valence-corrected chi connectivity index (χ0v) is 41.7. The predicted molar refractivity (Wildman–Crippen MR) is 249 cm³/mol. The number of rotatable bonds is 17. The van der Waals surface area contributed by atoms with E-state index in [4.69, 9.17) is 42.6 Å². The second-order valence-corrected chi connectivity index (χ2v) is 18.1. The number of allylic oxidation sites excluding steroid dienone is 2. The molecule has 0 spiro atoms. The van der Waals surface area contributed by atoms with E-state index < -0.39 is 36.2 Å². The second kappa shape index (κ2) is 30.0. The Morgan fingerprint density at radius 2 is 1.37 bits per heavy atom. The third-order valence-electron chi connectivity index (χ3n) is 13.4. The molecule has 370 valence electrons. The fourth-order valence-electron chi connectivity index (χ4n) is 9.11. The molecule has 2 heterocycles. The molecule has 14 nitrogen and oxygen atoms in total. The number of aliphatic carboxylic acids is 1. The highest BCUT2D eigenvalue weighted by atomic mass is 16.6. The standard InChI is InChI=1S/C51H82O14/c1-31-16-15-17-48(55)65-51(37(7)50(63-14)33(3)20-23-42(52)35(5)45(62-13)30-47(53)54)34(4)19-22-39(57-8)28-43(60-11)32(2)18-21-40(58-9)29-44(61-12)36(6)46-26-38(27-49(56)64-46)25-41(24-31)59-10/h15-19,21-22,27,32-37,39-41,43-46,50-51H,20,23-26,28-30H2,1-14H3,(H,53,54)/t32?,33?,34?,35?,36?,37?,39?,40?,41?,43?,44?,45?,46-,50?,51?/m1/s1. The lowest BCUT2D eigenvalue weighted by Crippen LogP contribution is -2.41. The first kappa shape index (κ1) is 57.6. The Bertz CT molecular complexity index is 1620. The van der Waals surface area contributed by atoms with Gasteiger partial charge in [-0.1, -0.05) is 89.1 Å². The molecule has 0 amide bonds. The number of carboxylic acid groups (broad SMARTS) is 1. The summed E-state index contributed by atoms with van der Waals surface area (Å²) in [4.78, 5) is 51.1. The highest BCUT2D eigenvalue weighted by molar-refractivity contribution is 5.84. The van der Waals surface area contributed by atoms with Gasteiger partial charge in [0.05, 0.1) is 49.1 Å². The van der Waals surface area contributed by atoms with E-state index in [-0.39, 0.29) is 90.8 Å². The molecule has 0 aromatic carbocycles. The molecule has 2 bridgehead atoms. The van der Waals surface area contributed by atoms with Gasteiger partial charge in [-0.25, -0.2) is 9.59 Å². The summed E-state index contributed by atoms with van der Waals surface area (Å²) in [7, 11) is 11.3. The smallest absolute Gasteiger partial charge is 0.331 e. The van der Waals surface area contributed by atoms with Gasteiger partial charge in [-0.05, 0) is 32.1 Å². The van der Waals surface area contributed by atoms with Gasteiger partial charge in [0.1, 0.15) is 18.0 Å². The number of carboxylic acids is 1. The van der Waals surface area contributed by atoms with Crippen molar-refractivity contribution in [1.29, 1.82) is 0 Å². The van der Waals surface area contributed by atoms with Crippen LogP contribution in [-0.2, 0) is 61.8 Å². The zero-order valence-electron chi connectivity index (χ0n) is 41.7. The molecule has 0 aliphatic carbocycles. The van der Waals surface area contributed by atoms with E-state index >= 15 is 0 Å². The quantitative estimate of drug-likeness (QED) is 0.110. The number of carbonyl (C=O) groups excluding carboxylic acids is 3. The van der Waals surface area contributed by atoms with E-state index in [1.165, 1.54) is 13.2 Å². The minimum Gasteiger partial charge on any atom is -0.481 e. The number of Topliss-reactive ketones (excluding diaryl/α,β-unsaturated/α-hetero) is 1. The Hall–Kier alpha value is -3.50. The van der Waals surface area contributed by atoms with Crippen LogP contribution in [0.15, 0.2) is 59.8 Å². The van der Waals surface area contributed by atoms with Gasteiger partial charge in [-0.2, -0.15) is 0 Å². The van der Waals surface area contributed by atoms with Crippen molar-refractivity contribution >= 4 is 23.7 Å². The summed E-state index contributed by atoms with van der Waals surface area (Å²) < 4.78 is 53.3. The van der Waals surface area contributed by atoms with Crippen LogP contribution in [0, 0.1) is 35.5 Å². The van der Waals surface area contributed by atoms with Crippen molar-refractivity contribution in [2.75, 3.05) is 49.8 Å². The second-order valence-electron chi connectivity index (χ2n) is 18.1. The number of ether oxygens (including phenoxy) is 9. The van der Waals surface area contributed by atoms with Crippen molar-refractivity contribution < 1.29 is 66.9 Å². The summed E-state index contributed by atoms with van der Waals surface area (Å²) >= 11 is 0. The molecular formula is C51H82O14. The van der Waals surface area contributed by atoms with Crippen LogP contribution < -0.4 is 0 Å². The normalized spacial score (nSPS) is 30.5. The molecule has 14 heteroatoms. The molecule has 15 atom stereocenters. The number of cyclic esters (lactones) is 1. The number of ketones is 1. The molecule has 0 saturated carbocycles. The number of hydrogen-bond acceptors (Lipinski definition) is 13. The molecule has 2 aliphatic heterocycles. The Morgan fingerprint density at radius 1 is 0.754 bits per heavy atom. The molecule has 0 saturated heterocycles. The van der Waals surface area contributed by atoms with Crippen LogP contribution in [0.4, 0.5) is 0 Å². The lowest BCUT2D eigenvalue weighted by atomic mass is 9.81. The average Bonchev–Trinajstić information content (AvgIpc) is 3.27. The van der Waals surface area contributed by atoms with Gasteiger partial charge in [0.25, 0.3) is 0 Å². The van der Waals surface area contributed by atoms with Crippen LogP contribution in [0.25, 0.3) is 0 Å². The topological polar surface area (TPSA) is 172 Å². The first-order valence-electron chi connectivity index (χ1n) is 23.1. The molecule has 65 heavy (non-hydrogen) atoms. The summed E-state index contributed by atoms with van der Waals surface area (Å²) in [6.07, 6.45) is 14.3. The first-order valence-corrected chi connectivity index (χ1v) is 23.1. The molecule has 14 unspecified atom stereocenters. The van der Waals surface area contributed by atoms with E-state index in [9.17, 15) is 24.3 Å². The highest BCUT2D eigenvalue weighted by Gasteiger charge is 2.37. The van der Waals surface area contributed by atoms with Gasteiger partial charge < -0.3 is 47.7 Å². The summed E-state index contributed by atoms with van der Waals surface area (Å²) in [5, 5.41) is 9.30. The van der Waals surface area contributed by atoms with Crippen molar-refractivity contribution in [2.45, 2.75) is 155 Å². The largest absolute Gasteiger partial charge is 0.481 e. The molecule has 2 aliphatic rings. The van der Waals surface area contributed by atoms with Crippen molar-refractivity contribution in [2.24, 2.45) is 35.5 Å². The van der Waals surface area contributed by atoms with E-state index in [1.54, 1.807) is 61.7 Å². The molecule has 0 aromatic heterocycles. The first-order chi connectivity index (χ1) is 30.9. The fourth-order valence-corrected chi connectivity index (χ4v) is 9.11. The van der Waals surface area contributed by atoms with E-state index in [0.29, 0.717) is 38.5 Å². The third kappa shape index (κ3) is 19.3. The minimum absolute atomic E-state index is 0.0200. The van der Waals surface area contributed by atoms with Crippen molar-refractivity contribution in [1.82, 2.24) is 0 Å². The molecule has 1 N–H and O–H groups in total. The molecule has 2 rings (SSSR count). The number of carbonyl (C=O) groups is 4. The monoisotopic (exact) mass is 919 g/mol. The van der Waals surface area contributed by atoms with Crippen molar-refractivity contribution in [3.8, 4) is 0 Å². The van der Waals surface area contributed by atoms with Crippen molar-refractivity contribution in [3.63, 3.8) is 0 Å². The lowest BCUT2D eigenvalue weighted by molar-refractivity contribution is -0.152. The van der Waals surface area contributed by atoms with E-state index in [1.807, 2.05) is 58.9 Å². The molecule has 0 radical (unpaired) electrons. The van der Waals surface area contributed by atoms with Gasteiger partial charge in [-0.3, -0.25) is 9.59 Å². The average molecular weight is 919 g/mol. The van der Waals surface area contributed by atoms with Crippen LogP contribution in [0.2, 0.25) is 0 Å². The summed E-state index contributed by atoms with van der Waals surface area (Å²) in [5.74, 6) is -3.49. The summed E-state index contributed by atoms with van der Waals surface area (Å²) in [6.45, 7) is 13.8. The maximum atomic E-state index is 13.6. The van der Waals surface area contributed by atoms with Crippen LogP contribution in [0.5, 0.6) is 0 Å². The maximum Gasteiger partial charge on any atom is 0.331 e. The van der Waals surface area contributed by atoms with Crippen LogP contribution in [0.1, 0.15) is 99.8 Å². The maximum absolute atomic E-state index is 13.6. The zero-order chi connectivity index (χ0) is 48.8. The SMILES string of the molecule is COC1C=CC(C)C(C(C)C(OC)C(C)CCC(=O)C(C)C(CC(=O)O)OC)OC(=O)C=CC=C(C)CC(OC)CC2=CC(=O)O[C@H](C2)C(C)C(OC)CC(OC)C=CC(C)C(OC)C1. The van der Waals surface area contributed by atoms with Crippen molar-refractivity contribution in [3.05, 3.63) is 59.8 Å². The van der Waals surface area contributed by atoms with Gasteiger partial charge in [0.15, 0.2) is 0 Å². The number of esters is 2. The van der Waals surface area contributed by atoms with Crippen LogP contribution in [0.3, 0.4) is 0 Å². The molecule has 0 aromatic rings. The van der Waals surface area contributed by atoms with E-state index in [0.717, 1.165) is 11.1 Å². The van der Waals surface area contributed by atoms with Gasteiger partial charge in [0, 0.05) is 117 Å². The summed E-state index contributed by atoms with van der Waals surface area (Å²) in [5.41, 5.74) is 1.91. The van der Waals surface area contributed by atoms with Gasteiger partial charge >= 0.3 is 17.9 Å². The Labute approximate surface area is 389 Å². The van der Waals surface area contributed by atoms with Crippen LogP contribution in [-0.4, -0.2) is 134 Å². The number of fused-ring (bicyclic) bond motifs is 2. The number of hydrogen-bond donors (Lipinski definition) is 1. The van der Waals surface area contributed by atoms with Gasteiger partial charge in [-0.15, -0.1) is 0 Å². The Balaban J connectivity index is 2.52. The van der Waals surface area contributed by atoms with E-state index in [2.05, 4.69) is 13.0 Å². The Kier molecular flexibility index (Phi) is 26.6. The lowest BCUT2D eigenvalue weighted by Gasteiger charge is -2.35. The third-order valence-corrected chi connectivity index (χ3v) is 13.4. The van der Waals surface area contributed by atoms with Gasteiger partial charge in [0.2, 0.25) is 0 Å². The highest BCUT2D eigenvalue weighted by Crippen LogP contribution is 2.33. The molecular weight excluding hydrogens is 837 g/mol. The van der Waals surface area contributed by atoms with Crippen LogP contribution >= 0.6 is 0 Å². The minimum atomic E-state index is -1.03. The fraction of sp³-hybridized carbons (Fsp3) is 0.725.